The van der Waals surface area contributed by atoms with Crippen LogP contribution < -0.4 is 19.3 Å². The van der Waals surface area contributed by atoms with Crippen molar-refractivity contribution in [2.45, 2.75) is 27.7 Å². The molecule has 50 heavy (non-hydrogen) atoms. The predicted molar refractivity (Wildman–Crippen MR) is 212 cm³/mol. The zero-order valence-electron chi connectivity index (χ0n) is 29.4. The summed E-state index contributed by atoms with van der Waals surface area (Å²) >= 11 is 0. The molecule has 0 unspecified atom stereocenters. The molecule has 0 N–H and O–H groups in total. The van der Waals surface area contributed by atoms with Gasteiger partial charge in [-0.2, -0.15) is 0 Å². The van der Waals surface area contributed by atoms with Gasteiger partial charge in [0.1, 0.15) is 11.5 Å². The van der Waals surface area contributed by atoms with Gasteiger partial charge in [-0.05, 0) is 88.4 Å². The summed E-state index contributed by atoms with van der Waals surface area (Å²) in [4.78, 5) is 4.69. The van der Waals surface area contributed by atoms with E-state index in [9.17, 15) is 0 Å². The topological polar surface area (TPSA) is 24.9 Å². The first-order chi connectivity index (χ1) is 24.3. The summed E-state index contributed by atoms with van der Waals surface area (Å²) < 4.78 is 12.4. The number of ether oxygens (including phenoxy) is 2. The third kappa shape index (κ3) is 5.25. The molecule has 246 valence electrons. The van der Waals surface area contributed by atoms with Gasteiger partial charge in [0.15, 0.2) is 0 Å². The molecular weight excluding hydrogens is 613 g/mol. The zero-order valence-corrected chi connectivity index (χ0v) is 29.4. The van der Waals surface area contributed by atoms with Gasteiger partial charge in [0.2, 0.25) is 0 Å². The van der Waals surface area contributed by atoms with Gasteiger partial charge in [0, 0.05) is 67.2 Å². The Morgan fingerprint density at radius 1 is 0.340 bits per heavy atom. The lowest BCUT2D eigenvalue weighted by molar-refractivity contribution is 0.419. The smallest absolute Gasteiger partial charge is 0.128 e. The molecule has 0 amide bonds. The Hall–Kier alpha value is -6.00. The molecule has 0 aromatic heterocycles. The first kappa shape index (κ1) is 31.3. The number of rotatable bonds is 8. The van der Waals surface area contributed by atoms with Crippen LogP contribution >= 0.6 is 0 Å². The van der Waals surface area contributed by atoms with Crippen molar-refractivity contribution in [3.8, 4) is 11.5 Å². The average Bonchev–Trinajstić information content (AvgIpc) is 3.14. The second kappa shape index (κ2) is 12.5. The molecule has 0 spiro atoms. The number of hydrogen-bond acceptors (Lipinski definition) is 4. The largest absolute Gasteiger partial charge is 0.496 e. The van der Waals surface area contributed by atoms with Crippen molar-refractivity contribution in [2.75, 3.05) is 24.0 Å². The van der Waals surface area contributed by atoms with E-state index in [-0.39, 0.29) is 0 Å². The highest BCUT2D eigenvalue weighted by Crippen LogP contribution is 2.51. The summed E-state index contributed by atoms with van der Waals surface area (Å²) in [6.45, 7) is 8.50. The number of aryl methyl sites for hydroxylation is 4. The molecule has 4 heteroatoms. The molecule has 0 atom stereocenters. The highest BCUT2D eigenvalue weighted by atomic mass is 16.5. The second-order valence-electron chi connectivity index (χ2n) is 13.3. The molecule has 0 saturated heterocycles. The van der Waals surface area contributed by atoms with E-state index in [1.165, 1.54) is 22.3 Å². The number of hydrogen-bond donors (Lipinski definition) is 0. The van der Waals surface area contributed by atoms with Crippen molar-refractivity contribution >= 4 is 66.4 Å². The summed E-state index contributed by atoms with van der Waals surface area (Å²) in [6.07, 6.45) is 0. The summed E-state index contributed by atoms with van der Waals surface area (Å²) in [6, 6.07) is 48.2. The van der Waals surface area contributed by atoms with Gasteiger partial charge >= 0.3 is 0 Å². The van der Waals surface area contributed by atoms with E-state index in [0.29, 0.717) is 0 Å². The van der Waals surface area contributed by atoms with Crippen molar-refractivity contribution in [2.24, 2.45) is 0 Å². The number of methoxy groups -OCH3 is 2. The van der Waals surface area contributed by atoms with Gasteiger partial charge < -0.3 is 19.3 Å². The van der Waals surface area contributed by atoms with Crippen LogP contribution in [0.2, 0.25) is 0 Å². The van der Waals surface area contributed by atoms with E-state index in [1.54, 1.807) is 14.2 Å². The molecule has 8 rings (SSSR count). The van der Waals surface area contributed by atoms with E-state index >= 15 is 0 Å². The van der Waals surface area contributed by atoms with Crippen molar-refractivity contribution < 1.29 is 9.47 Å². The van der Waals surface area contributed by atoms with Crippen LogP contribution in [0.5, 0.6) is 11.5 Å². The quantitative estimate of drug-likeness (QED) is 0.153. The number of nitrogens with zero attached hydrogens (tertiary/aromatic N) is 2. The van der Waals surface area contributed by atoms with Crippen molar-refractivity contribution in [3.05, 3.63) is 156 Å². The van der Waals surface area contributed by atoms with Gasteiger partial charge in [-0.3, -0.25) is 0 Å². The molecule has 0 aliphatic heterocycles. The van der Waals surface area contributed by atoms with Gasteiger partial charge in [0.05, 0.1) is 25.6 Å². The van der Waals surface area contributed by atoms with Crippen LogP contribution in [0, 0.1) is 27.7 Å². The predicted octanol–water partition coefficient (Wildman–Crippen LogP) is 12.8. The van der Waals surface area contributed by atoms with Crippen LogP contribution in [0.3, 0.4) is 0 Å². The highest BCUT2D eigenvalue weighted by Gasteiger charge is 2.25. The fraction of sp³-hybridized carbons (Fsp3) is 0.130. The minimum absolute atomic E-state index is 0.824. The SMILES string of the molecule is COc1cc(N(c2ccc(C)cc2)c2ccc(C)cc2)c2ccc3c(OC)cc(N(c4ccc(C)cc4)c4ccc(C)cc4)c4ccc1c2c34. The standard InChI is InChI=1S/C46H40N2O2/c1-29-7-15-33(16-8-29)47(34-17-9-30(2)10-18-34)41-27-43(49-5)39-26-24-38-42(28-44(50-6)40-25-23-37(41)45(39)46(38)40)48(35-19-11-31(3)12-20-35)36-21-13-32(4)14-22-36/h7-28H,1-6H3. The highest BCUT2D eigenvalue weighted by molar-refractivity contribution is 6.30. The molecule has 0 aliphatic rings. The van der Waals surface area contributed by atoms with Crippen LogP contribution in [0.25, 0.3) is 32.3 Å². The average molecular weight is 653 g/mol. The minimum Gasteiger partial charge on any atom is -0.496 e. The van der Waals surface area contributed by atoms with Gasteiger partial charge in [-0.15, -0.1) is 0 Å². The molecule has 0 saturated carbocycles. The molecule has 8 aromatic rings. The normalized spacial score (nSPS) is 11.4. The van der Waals surface area contributed by atoms with Crippen LogP contribution in [0.15, 0.2) is 133 Å². The summed E-state index contributed by atoms with van der Waals surface area (Å²) in [5.41, 5.74) is 11.3. The Kier molecular flexibility index (Phi) is 7.80. The van der Waals surface area contributed by atoms with E-state index in [4.69, 9.17) is 9.47 Å². The van der Waals surface area contributed by atoms with Crippen LogP contribution in [0.4, 0.5) is 34.1 Å². The van der Waals surface area contributed by atoms with Crippen LogP contribution in [-0.4, -0.2) is 14.2 Å². The Morgan fingerprint density at radius 3 is 0.860 bits per heavy atom. The lowest BCUT2D eigenvalue weighted by atomic mass is 9.90. The Bertz CT molecular complexity index is 2200. The van der Waals surface area contributed by atoms with Crippen molar-refractivity contribution in [1.29, 1.82) is 0 Å². The fourth-order valence-corrected chi connectivity index (χ4v) is 7.23. The van der Waals surface area contributed by atoms with Gasteiger partial charge in [0.25, 0.3) is 0 Å². The van der Waals surface area contributed by atoms with Crippen LogP contribution in [-0.2, 0) is 0 Å². The fourth-order valence-electron chi connectivity index (χ4n) is 7.23. The van der Waals surface area contributed by atoms with Gasteiger partial charge in [-0.1, -0.05) is 82.9 Å². The molecule has 4 nitrogen and oxygen atoms in total. The maximum absolute atomic E-state index is 6.20. The monoisotopic (exact) mass is 652 g/mol. The van der Waals surface area contributed by atoms with Gasteiger partial charge in [-0.25, -0.2) is 0 Å². The summed E-state index contributed by atoms with van der Waals surface area (Å²) in [7, 11) is 3.53. The molecule has 0 aliphatic carbocycles. The first-order valence-corrected chi connectivity index (χ1v) is 17.1. The summed E-state index contributed by atoms with van der Waals surface area (Å²) in [5.74, 6) is 1.65. The van der Waals surface area contributed by atoms with Crippen LogP contribution in [0.1, 0.15) is 22.3 Å². The minimum atomic E-state index is 0.824. The summed E-state index contributed by atoms with van der Waals surface area (Å²) in [5, 5.41) is 6.69. The lowest BCUT2D eigenvalue weighted by Gasteiger charge is -2.30. The number of benzene rings is 8. The first-order valence-electron chi connectivity index (χ1n) is 17.1. The lowest BCUT2D eigenvalue weighted by Crippen LogP contribution is -2.12. The molecule has 0 heterocycles. The Morgan fingerprint density at radius 2 is 0.600 bits per heavy atom. The zero-order chi connectivity index (χ0) is 34.5. The third-order valence-corrected chi connectivity index (χ3v) is 9.87. The van der Waals surface area contributed by atoms with E-state index in [2.05, 4.69) is 171 Å². The Balaban J connectivity index is 1.48. The molecule has 0 fully saturated rings. The van der Waals surface area contributed by atoms with E-state index in [1.807, 2.05) is 0 Å². The van der Waals surface area contributed by atoms with E-state index < -0.39 is 0 Å². The Labute approximate surface area is 294 Å². The molecule has 0 bridgehead atoms. The third-order valence-electron chi connectivity index (χ3n) is 9.87. The maximum atomic E-state index is 6.20. The van der Waals surface area contributed by atoms with E-state index in [0.717, 1.165) is 77.9 Å². The second-order valence-corrected chi connectivity index (χ2v) is 13.3. The maximum Gasteiger partial charge on any atom is 0.128 e. The van der Waals surface area contributed by atoms with Crippen molar-refractivity contribution in [3.63, 3.8) is 0 Å². The number of anilines is 6. The molecule has 0 radical (unpaired) electrons. The van der Waals surface area contributed by atoms with Crippen molar-refractivity contribution in [1.82, 2.24) is 0 Å². The molecular formula is C46H40N2O2. The molecule has 8 aromatic carbocycles.